The third-order valence-electron chi connectivity index (χ3n) is 5.52. The largest absolute Gasteiger partial charge is 0.490 e. The zero-order chi connectivity index (χ0) is 20.5. The Labute approximate surface area is 179 Å². The summed E-state index contributed by atoms with van der Waals surface area (Å²) in [4.78, 5) is 21.1. The molecule has 1 aromatic carbocycles. The van der Waals surface area contributed by atoms with Crippen molar-refractivity contribution < 1.29 is 9.53 Å². The fraction of sp³-hybridized carbons (Fsp3) is 0.364. The summed E-state index contributed by atoms with van der Waals surface area (Å²) in [5.74, 6) is 2.27. The van der Waals surface area contributed by atoms with Crippen LogP contribution in [-0.2, 0) is 4.79 Å². The quantitative estimate of drug-likeness (QED) is 0.684. The van der Waals surface area contributed by atoms with Gasteiger partial charge in [-0.15, -0.1) is 11.8 Å². The Hall–Kier alpha value is -2.87. The van der Waals surface area contributed by atoms with E-state index in [1.165, 1.54) is 12.8 Å². The van der Waals surface area contributed by atoms with Gasteiger partial charge in [-0.2, -0.15) is 9.78 Å². The van der Waals surface area contributed by atoms with Crippen molar-refractivity contribution in [2.75, 3.05) is 11.1 Å². The first-order valence-corrected chi connectivity index (χ1v) is 11.3. The number of benzene rings is 1. The number of nitrogens with one attached hydrogen (secondary N) is 1. The zero-order valence-corrected chi connectivity index (χ0v) is 17.6. The van der Waals surface area contributed by atoms with Crippen LogP contribution in [0.1, 0.15) is 47.8 Å². The van der Waals surface area contributed by atoms with E-state index in [1.54, 1.807) is 34.9 Å². The number of thioether (sulfide) groups is 1. The number of amides is 1. The molecule has 0 spiro atoms. The summed E-state index contributed by atoms with van der Waals surface area (Å²) in [5.41, 5.74) is 2.93. The van der Waals surface area contributed by atoms with Crippen LogP contribution >= 0.6 is 11.8 Å². The topological polar surface area (TPSA) is 81.9 Å². The summed E-state index contributed by atoms with van der Waals surface area (Å²) < 4.78 is 7.84. The minimum Gasteiger partial charge on any atom is -0.490 e. The third-order valence-corrected chi connectivity index (χ3v) is 6.79. The molecule has 0 saturated heterocycles. The Bertz CT molecular complexity index is 1060. The maximum atomic E-state index is 12.5. The van der Waals surface area contributed by atoms with Crippen LogP contribution in [0.5, 0.6) is 5.75 Å². The van der Waals surface area contributed by atoms with Crippen molar-refractivity contribution in [1.82, 2.24) is 19.7 Å². The number of anilines is 1. The molecule has 1 atom stereocenters. The lowest BCUT2D eigenvalue weighted by Crippen LogP contribution is -2.16. The standard InChI is InChI=1S/C22H23N5O2S/c1-14-19-20(15-6-4-9-17(12-15)29-16-7-2-3-8-16)30-13-18(28)25-21(19)27(26-14)22-23-10-5-11-24-22/h4-6,9-12,16,20H,2-3,7-8,13H2,1H3,(H,25,28). The van der Waals surface area contributed by atoms with Gasteiger partial charge >= 0.3 is 0 Å². The molecule has 1 amide bonds. The average molecular weight is 422 g/mol. The van der Waals surface area contributed by atoms with Gasteiger partial charge in [-0.05, 0) is 56.4 Å². The van der Waals surface area contributed by atoms with Gasteiger partial charge < -0.3 is 10.1 Å². The maximum absolute atomic E-state index is 12.5. The van der Waals surface area contributed by atoms with Crippen LogP contribution in [0.25, 0.3) is 5.95 Å². The molecule has 8 heteroatoms. The molecule has 3 aromatic rings. The molecule has 7 nitrogen and oxygen atoms in total. The number of nitrogens with zero attached hydrogens (tertiary/aromatic N) is 4. The van der Waals surface area contributed by atoms with Crippen LogP contribution < -0.4 is 10.1 Å². The maximum Gasteiger partial charge on any atom is 0.252 e. The van der Waals surface area contributed by atoms with Gasteiger partial charge in [0.2, 0.25) is 5.91 Å². The van der Waals surface area contributed by atoms with Crippen LogP contribution in [-0.4, -0.2) is 37.5 Å². The summed E-state index contributed by atoms with van der Waals surface area (Å²) in [6, 6.07) is 9.99. The molecular weight excluding hydrogens is 398 g/mol. The van der Waals surface area contributed by atoms with Gasteiger partial charge in [0.15, 0.2) is 0 Å². The van der Waals surface area contributed by atoms with Gasteiger partial charge in [-0.25, -0.2) is 9.97 Å². The number of hydrogen-bond donors (Lipinski definition) is 1. The highest BCUT2D eigenvalue weighted by atomic mass is 32.2. The number of aryl methyl sites for hydroxylation is 1. The molecular formula is C22H23N5O2S. The van der Waals surface area contributed by atoms with Crippen LogP contribution in [0, 0.1) is 6.92 Å². The summed E-state index contributed by atoms with van der Waals surface area (Å²) in [5, 5.41) is 7.63. The Morgan fingerprint density at radius 1 is 1.17 bits per heavy atom. The second-order valence-corrected chi connectivity index (χ2v) is 8.74. The molecule has 1 unspecified atom stereocenters. The first-order chi connectivity index (χ1) is 14.7. The Morgan fingerprint density at radius 3 is 2.77 bits per heavy atom. The van der Waals surface area contributed by atoms with E-state index in [-0.39, 0.29) is 11.2 Å². The SMILES string of the molecule is Cc1nn(-c2ncccn2)c2c1C(c1cccc(OC3CCCC3)c1)SCC(=O)N2. The van der Waals surface area contributed by atoms with Crippen molar-refractivity contribution in [3.63, 3.8) is 0 Å². The van der Waals surface area contributed by atoms with Crippen LogP contribution in [0.3, 0.4) is 0 Å². The minimum absolute atomic E-state index is 0.0384. The fourth-order valence-corrected chi connectivity index (χ4v) is 5.32. The monoisotopic (exact) mass is 421 g/mol. The van der Waals surface area contributed by atoms with Crippen molar-refractivity contribution in [1.29, 1.82) is 0 Å². The van der Waals surface area contributed by atoms with E-state index in [9.17, 15) is 4.79 Å². The third kappa shape index (κ3) is 3.67. The molecule has 0 bridgehead atoms. The van der Waals surface area contributed by atoms with Gasteiger partial charge in [0, 0.05) is 18.0 Å². The molecule has 1 aliphatic carbocycles. The lowest BCUT2D eigenvalue weighted by molar-refractivity contribution is -0.113. The van der Waals surface area contributed by atoms with Crippen LogP contribution in [0.4, 0.5) is 5.82 Å². The number of carbonyl (C=O) groups excluding carboxylic acids is 1. The number of ether oxygens (including phenoxy) is 1. The van der Waals surface area contributed by atoms with Crippen molar-refractivity contribution in [2.45, 2.75) is 44.0 Å². The fourth-order valence-electron chi connectivity index (χ4n) is 4.14. The highest BCUT2D eigenvalue weighted by Crippen LogP contribution is 2.44. The molecule has 30 heavy (non-hydrogen) atoms. The van der Waals surface area contributed by atoms with Gasteiger partial charge in [0.25, 0.3) is 5.95 Å². The molecule has 1 saturated carbocycles. The molecule has 154 valence electrons. The second kappa shape index (κ2) is 8.10. The predicted octanol–water partition coefficient (Wildman–Crippen LogP) is 4.07. The molecule has 3 heterocycles. The Morgan fingerprint density at radius 2 is 1.97 bits per heavy atom. The first kappa shape index (κ1) is 19.1. The molecule has 1 aliphatic heterocycles. The summed E-state index contributed by atoms with van der Waals surface area (Å²) in [6.45, 7) is 1.96. The highest BCUT2D eigenvalue weighted by molar-refractivity contribution is 8.00. The molecule has 0 radical (unpaired) electrons. The van der Waals surface area contributed by atoms with Crippen molar-refractivity contribution in [3.8, 4) is 11.7 Å². The van der Waals surface area contributed by atoms with Crippen LogP contribution in [0.15, 0.2) is 42.7 Å². The number of aromatic nitrogens is 4. The average Bonchev–Trinajstić information content (AvgIpc) is 3.33. The molecule has 1 N–H and O–H groups in total. The highest BCUT2D eigenvalue weighted by Gasteiger charge is 2.31. The summed E-state index contributed by atoms with van der Waals surface area (Å²) in [6.07, 6.45) is 8.35. The van der Waals surface area contributed by atoms with Gasteiger partial charge in [-0.3, -0.25) is 4.79 Å². The smallest absolute Gasteiger partial charge is 0.252 e. The number of hydrogen-bond acceptors (Lipinski definition) is 6. The van der Waals surface area contributed by atoms with Crippen LogP contribution in [0.2, 0.25) is 0 Å². The zero-order valence-electron chi connectivity index (χ0n) is 16.7. The molecule has 5 rings (SSSR count). The normalized spacial score (nSPS) is 19.2. The molecule has 2 aromatic heterocycles. The predicted molar refractivity (Wildman–Crippen MR) is 116 cm³/mol. The van der Waals surface area contributed by atoms with E-state index >= 15 is 0 Å². The Balaban J connectivity index is 1.55. The Kier molecular flexibility index (Phi) is 5.16. The lowest BCUT2D eigenvalue weighted by atomic mass is 10.0. The summed E-state index contributed by atoms with van der Waals surface area (Å²) >= 11 is 1.60. The van der Waals surface area contributed by atoms with E-state index in [0.29, 0.717) is 23.6 Å². The lowest BCUT2D eigenvalue weighted by Gasteiger charge is -2.18. The first-order valence-electron chi connectivity index (χ1n) is 10.2. The van der Waals surface area contributed by atoms with Crippen molar-refractivity contribution in [2.24, 2.45) is 0 Å². The van der Waals surface area contributed by atoms with E-state index in [4.69, 9.17) is 4.74 Å². The molecule has 2 aliphatic rings. The second-order valence-electron chi connectivity index (χ2n) is 7.64. The van der Waals surface area contributed by atoms with E-state index in [1.807, 2.05) is 19.1 Å². The van der Waals surface area contributed by atoms with Gasteiger partial charge in [0.05, 0.1) is 22.8 Å². The number of carbonyl (C=O) groups is 1. The van der Waals surface area contributed by atoms with Gasteiger partial charge in [-0.1, -0.05) is 12.1 Å². The van der Waals surface area contributed by atoms with E-state index in [2.05, 4.69) is 32.5 Å². The van der Waals surface area contributed by atoms with Crippen molar-refractivity contribution >= 4 is 23.5 Å². The minimum atomic E-state index is -0.0563. The van der Waals surface area contributed by atoms with Crippen molar-refractivity contribution in [3.05, 3.63) is 59.5 Å². The van der Waals surface area contributed by atoms with Gasteiger partial charge in [0.1, 0.15) is 11.6 Å². The van der Waals surface area contributed by atoms with E-state index < -0.39 is 0 Å². The number of fused-ring (bicyclic) bond motifs is 1. The van der Waals surface area contributed by atoms with E-state index in [0.717, 1.165) is 35.4 Å². The summed E-state index contributed by atoms with van der Waals surface area (Å²) in [7, 11) is 0. The molecule has 1 fully saturated rings. The number of rotatable bonds is 4.